The summed E-state index contributed by atoms with van der Waals surface area (Å²) in [5.41, 5.74) is 1.56. The predicted molar refractivity (Wildman–Crippen MR) is 115 cm³/mol. The molecule has 158 valence electrons. The lowest BCUT2D eigenvalue weighted by Gasteiger charge is -2.35. The number of fused-ring (bicyclic) bond motifs is 1. The summed E-state index contributed by atoms with van der Waals surface area (Å²) < 4.78 is 10.6. The van der Waals surface area contributed by atoms with Gasteiger partial charge >= 0.3 is 0 Å². The van der Waals surface area contributed by atoms with E-state index in [0.717, 1.165) is 0 Å². The van der Waals surface area contributed by atoms with Crippen LogP contribution in [0.25, 0.3) is 0 Å². The Labute approximate surface area is 178 Å². The number of hydrogen-bond acceptors (Lipinski definition) is 5. The molecule has 8 nitrogen and oxygen atoms in total. The number of amides is 3. The lowest BCUT2D eigenvalue weighted by molar-refractivity contribution is -0.122. The van der Waals surface area contributed by atoms with Crippen molar-refractivity contribution in [1.82, 2.24) is 0 Å². The van der Waals surface area contributed by atoms with Crippen LogP contribution in [0.3, 0.4) is 0 Å². The largest absolute Gasteiger partial charge is 0.494 e. The number of carbonyl (C=O) groups excluding carboxylic acids is 3. The molecule has 1 aliphatic rings. The van der Waals surface area contributed by atoms with Crippen LogP contribution < -0.4 is 20.3 Å². The zero-order chi connectivity index (χ0) is 21.8. The molecule has 2 heterocycles. The molecule has 1 atom stereocenters. The fourth-order valence-electron chi connectivity index (χ4n) is 3.43. The Hall–Kier alpha value is -4.07. The van der Waals surface area contributed by atoms with Crippen LogP contribution >= 0.6 is 0 Å². The first-order chi connectivity index (χ1) is 15.1. The van der Waals surface area contributed by atoms with E-state index in [-0.39, 0.29) is 12.2 Å². The smallest absolute Gasteiger partial charge is 0.294 e. The quantitative estimate of drug-likeness (QED) is 0.635. The molecule has 4 rings (SSSR count). The predicted octanol–water partition coefficient (Wildman–Crippen LogP) is 3.67. The number of rotatable bonds is 6. The van der Waals surface area contributed by atoms with Crippen LogP contribution in [-0.2, 0) is 9.59 Å². The highest BCUT2D eigenvalue weighted by atomic mass is 16.5. The molecule has 8 heteroatoms. The summed E-state index contributed by atoms with van der Waals surface area (Å²) in [5, 5.41) is 5.53. The molecule has 0 fully saturated rings. The van der Waals surface area contributed by atoms with E-state index in [9.17, 15) is 14.4 Å². The third-order valence-electron chi connectivity index (χ3n) is 4.81. The molecule has 1 aliphatic heterocycles. The van der Waals surface area contributed by atoms with E-state index in [0.29, 0.717) is 29.4 Å². The molecule has 2 aromatic carbocycles. The van der Waals surface area contributed by atoms with Crippen LogP contribution in [0.4, 0.5) is 17.1 Å². The van der Waals surface area contributed by atoms with Gasteiger partial charge in [0.1, 0.15) is 11.8 Å². The number of anilines is 3. The van der Waals surface area contributed by atoms with Gasteiger partial charge in [-0.25, -0.2) is 0 Å². The van der Waals surface area contributed by atoms with E-state index in [1.807, 2.05) is 6.92 Å². The van der Waals surface area contributed by atoms with Gasteiger partial charge in [0, 0.05) is 5.69 Å². The highest BCUT2D eigenvalue weighted by Crippen LogP contribution is 2.34. The van der Waals surface area contributed by atoms with Crippen LogP contribution in [0.2, 0.25) is 0 Å². The summed E-state index contributed by atoms with van der Waals surface area (Å²) in [6, 6.07) is 15.9. The van der Waals surface area contributed by atoms with Gasteiger partial charge in [-0.3, -0.25) is 19.3 Å². The lowest BCUT2D eigenvalue weighted by Crippen LogP contribution is -2.52. The molecule has 1 aromatic heterocycles. The maximum atomic E-state index is 13.1. The Balaban J connectivity index is 1.57. The van der Waals surface area contributed by atoms with Gasteiger partial charge < -0.3 is 19.8 Å². The van der Waals surface area contributed by atoms with Gasteiger partial charge in [-0.15, -0.1) is 0 Å². The molecule has 0 saturated carbocycles. The van der Waals surface area contributed by atoms with Crippen molar-refractivity contribution in [2.75, 3.05) is 22.1 Å². The monoisotopic (exact) mass is 419 g/mol. The average molecular weight is 419 g/mol. The summed E-state index contributed by atoms with van der Waals surface area (Å²) in [5.74, 6) is -0.562. The number of benzene rings is 2. The maximum absolute atomic E-state index is 13.1. The molecule has 31 heavy (non-hydrogen) atoms. The normalized spacial score (nSPS) is 15.1. The highest BCUT2D eigenvalue weighted by Gasteiger charge is 2.39. The molecule has 0 unspecified atom stereocenters. The number of para-hydroxylation sites is 2. The van der Waals surface area contributed by atoms with Crippen LogP contribution in [0, 0.1) is 0 Å². The van der Waals surface area contributed by atoms with E-state index in [1.54, 1.807) is 54.6 Å². The van der Waals surface area contributed by atoms with Crippen molar-refractivity contribution in [1.29, 1.82) is 0 Å². The third kappa shape index (κ3) is 4.28. The van der Waals surface area contributed by atoms with Crippen LogP contribution in [0.15, 0.2) is 71.3 Å². The standard InChI is InChI=1S/C23H21N3O5/c1-2-30-16-11-9-15(10-12-16)24-21(27)14-19-22(28)25-17-6-3-4-7-18(17)26(19)23(29)20-8-5-13-31-20/h3-13,19H,2,14H2,1H3,(H,24,27)(H,25,28)/t19-/m1/s1. The minimum Gasteiger partial charge on any atom is -0.494 e. The van der Waals surface area contributed by atoms with Gasteiger partial charge in [-0.2, -0.15) is 0 Å². The number of nitrogens with one attached hydrogen (secondary N) is 2. The molecule has 3 amide bonds. The molecule has 0 bridgehead atoms. The Morgan fingerprint density at radius 3 is 2.58 bits per heavy atom. The fraction of sp³-hybridized carbons (Fsp3) is 0.174. The van der Waals surface area contributed by atoms with E-state index in [1.165, 1.54) is 17.2 Å². The van der Waals surface area contributed by atoms with Gasteiger partial charge in [-0.05, 0) is 55.5 Å². The molecule has 0 aliphatic carbocycles. The first kappa shape index (κ1) is 20.2. The van der Waals surface area contributed by atoms with Crippen molar-refractivity contribution in [3.63, 3.8) is 0 Å². The van der Waals surface area contributed by atoms with Gasteiger partial charge in [0.15, 0.2) is 5.76 Å². The average Bonchev–Trinajstić information content (AvgIpc) is 3.30. The zero-order valence-corrected chi connectivity index (χ0v) is 16.8. The third-order valence-corrected chi connectivity index (χ3v) is 4.81. The summed E-state index contributed by atoms with van der Waals surface area (Å²) in [6.45, 7) is 2.43. The van der Waals surface area contributed by atoms with Crippen molar-refractivity contribution in [3.8, 4) is 5.75 Å². The van der Waals surface area contributed by atoms with E-state index in [4.69, 9.17) is 9.15 Å². The first-order valence-electron chi connectivity index (χ1n) is 9.86. The molecule has 0 saturated heterocycles. The Bertz CT molecular complexity index is 1090. The number of furan rings is 1. The molecular weight excluding hydrogens is 398 g/mol. The molecule has 0 radical (unpaired) electrons. The van der Waals surface area contributed by atoms with Gasteiger partial charge in [0.2, 0.25) is 11.8 Å². The van der Waals surface area contributed by atoms with Crippen molar-refractivity contribution < 1.29 is 23.5 Å². The highest BCUT2D eigenvalue weighted by molar-refractivity contribution is 6.17. The lowest BCUT2D eigenvalue weighted by atomic mass is 10.0. The van der Waals surface area contributed by atoms with Gasteiger partial charge in [0.25, 0.3) is 5.91 Å². The fourth-order valence-corrected chi connectivity index (χ4v) is 3.43. The van der Waals surface area contributed by atoms with Crippen molar-refractivity contribution >= 4 is 34.8 Å². The van der Waals surface area contributed by atoms with Crippen molar-refractivity contribution in [2.24, 2.45) is 0 Å². The summed E-state index contributed by atoms with van der Waals surface area (Å²) in [6.07, 6.45) is 1.16. The van der Waals surface area contributed by atoms with E-state index >= 15 is 0 Å². The molecule has 0 spiro atoms. The summed E-state index contributed by atoms with van der Waals surface area (Å²) in [4.78, 5) is 40.0. The number of ether oxygens (including phenoxy) is 1. The van der Waals surface area contributed by atoms with Crippen molar-refractivity contribution in [2.45, 2.75) is 19.4 Å². The van der Waals surface area contributed by atoms with Gasteiger partial charge in [0.05, 0.1) is 30.7 Å². The first-order valence-corrected chi connectivity index (χ1v) is 9.86. The SMILES string of the molecule is CCOc1ccc(NC(=O)C[C@@H]2C(=O)Nc3ccccc3N2C(=O)c2ccco2)cc1. The topological polar surface area (TPSA) is 101 Å². The molecular formula is C23H21N3O5. The summed E-state index contributed by atoms with van der Waals surface area (Å²) in [7, 11) is 0. The second-order valence-corrected chi connectivity index (χ2v) is 6.88. The minimum absolute atomic E-state index is 0.0847. The zero-order valence-electron chi connectivity index (χ0n) is 16.8. The number of carbonyl (C=O) groups is 3. The minimum atomic E-state index is -1.03. The Morgan fingerprint density at radius 1 is 1.10 bits per heavy atom. The number of nitrogens with zero attached hydrogens (tertiary/aromatic N) is 1. The Kier molecular flexibility index (Phi) is 5.70. The van der Waals surface area contributed by atoms with Crippen LogP contribution in [0.5, 0.6) is 5.75 Å². The summed E-state index contributed by atoms with van der Waals surface area (Å²) >= 11 is 0. The van der Waals surface area contributed by atoms with Crippen LogP contribution in [-0.4, -0.2) is 30.4 Å². The number of hydrogen-bond donors (Lipinski definition) is 2. The second-order valence-electron chi connectivity index (χ2n) is 6.88. The molecule has 3 aromatic rings. The van der Waals surface area contributed by atoms with E-state index in [2.05, 4.69) is 10.6 Å². The Morgan fingerprint density at radius 2 is 1.87 bits per heavy atom. The van der Waals surface area contributed by atoms with Crippen LogP contribution in [0.1, 0.15) is 23.9 Å². The van der Waals surface area contributed by atoms with Gasteiger partial charge in [-0.1, -0.05) is 12.1 Å². The maximum Gasteiger partial charge on any atom is 0.294 e. The van der Waals surface area contributed by atoms with E-state index < -0.39 is 23.8 Å². The van der Waals surface area contributed by atoms with Crippen molar-refractivity contribution in [3.05, 3.63) is 72.7 Å². The molecule has 2 N–H and O–H groups in total. The second kappa shape index (κ2) is 8.74.